The van der Waals surface area contributed by atoms with Crippen LogP contribution in [0.15, 0.2) is 28.7 Å². The van der Waals surface area contributed by atoms with Crippen molar-refractivity contribution in [3.05, 3.63) is 35.6 Å². The van der Waals surface area contributed by atoms with Crippen molar-refractivity contribution in [2.75, 3.05) is 6.54 Å². The third-order valence-corrected chi connectivity index (χ3v) is 2.97. The average Bonchev–Trinajstić information content (AvgIpc) is 2.58. The van der Waals surface area contributed by atoms with Gasteiger partial charge in [-0.05, 0) is 18.6 Å². The van der Waals surface area contributed by atoms with Gasteiger partial charge >= 0.3 is 0 Å². The van der Waals surface area contributed by atoms with Crippen LogP contribution in [0.2, 0.25) is 0 Å². The maximum atomic E-state index is 5.87. The fourth-order valence-corrected chi connectivity index (χ4v) is 1.91. The molecular formula is C13H17NO. The second kappa shape index (κ2) is 3.38. The van der Waals surface area contributed by atoms with Crippen LogP contribution in [-0.2, 0) is 5.41 Å². The van der Waals surface area contributed by atoms with Crippen LogP contribution in [-0.4, -0.2) is 6.54 Å². The number of benzene rings is 1. The zero-order chi connectivity index (χ0) is 11.1. The maximum Gasteiger partial charge on any atom is 0.134 e. The molecule has 2 N–H and O–H groups in total. The van der Waals surface area contributed by atoms with Crippen LogP contribution in [0, 0.1) is 6.92 Å². The monoisotopic (exact) mass is 203 g/mol. The molecule has 0 unspecified atom stereocenters. The molecule has 0 atom stereocenters. The highest BCUT2D eigenvalue weighted by Gasteiger charge is 2.26. The van der Waals surface area contributed by atoms with Gasteiger partial charge < -0.3 is 10.2 Å². The molecule has 0 saturated carbocycles. The van der Waals surface area contributed by atoms with Gasteiger partial charge in [0, 0.05) is 17.3 Å². The van der Waals surface area contributed by atoms with Crippen molar-refractivity contribution in [1.29, 1.82) is 0 Å². The van der Waals surface area contributed by atoms with Gasteiger partial charge in [-0.1, -0.05) is 32.0 Å². The van der Waals surface area contributed by atoms with E-state index in [1.807, 2.05) is 18.2 Å². The smallest absolute Gasteiger partial charge is 0.134 e. The number of fused-ring (bicyclic) bond motifs is 1. The predicted molar refractivity (Wildman–Crippen MR) is 63.0 cm³/mol. The Hall–Kier alpha value is -1.28. The lowest BCUT2D eigenvalue weighted by atomic mass is 9.88. The Kier molecular flexibility index (Phi) is 2.31. The molecule has 1 heterocycles. The van der Waals surface area contributed by atoms with Crippen molar-refractivity contribution in [2.45, 2.75) is 26.2 Å². The van der Waals surface area contributed by atoms with Crippen LogP contribution < -0.4 is 5.73 Å². The van der Waals surface area contributed by atoms with Gasteiger partial charge in [-0.2, -0.15) is 0 Å². The molecule has 15 heavy (non-hydrogen) atoms. The number of furan rings is 1. The number of rotatable bonds is 2. The van der Waals surface area contributed by atoms with Crippen molar-refractivity contribution in [2.24, 2.45) is 5.73 Å². The summed E-state index contributed by atoms with van der Waals surface area (Å²) in [6.45, 7) is 6.90. The van der Waals surface area contributed by atoms with Gasteiger partial charge in [0.2, 0.25) is 0 Å². The van der Waals surface area contributed by atoms with Crippen LogP contribution in [0.5, 0.6) is 0 Å². The molecule has 0 aliphatic carbocycles. The van der Waals surface area contributed by atoms with Crippen molar-refractivity contribution in [3.63, 3.8) is 0 Å². The summed E-state index contributed by atoms with van der Waals surface area (Å²) in [5, 5.41) is 1.19. The molecule has 2 heteroatoms. The highest BCUT2D eigenvalue weighted by Crippen LogP contribution is 2.33. The minimum Gasteiger partial charge on any atom is -0.460 e. The standard InChI is InChI=1S/C13H17NO/c1-9-10-6-4-5-7-11(10)15-12(9)13(2,3)8-14/h4-7H,8,14H2,1-3H3. The van der Waals surface area contributed by atoms with Crippen molar-refractivity contribution >= 4 is 11.0 Å². The first-order chi connectivity index (χ1) is 7.06. The van der Waals surface area contributed by atoms with E-state index >= 15 is 0 Å². The van der Waals surface area contributed by atoms with E-state index < -0.39 is 0 Å². The lowest BCUT2D eigenvalue weighted by Crippen LogP contribution is -2.28. The Bertz CT molecular complexity index is 482. The van der Waals surface area contributed by atoms with E-state index in [9.17, 15) is 0 Å². The summed E-state index contributed by atoms with van der Waals surface area (Å²) in [6, 6.07) is 8.11. The third kappa shape index (κ3) is 1.55. The van der Waals surface area contributed by atoms with Crippen molar-refractivity contribution < 1.29 is 4.42 Å². The van der Waals surface area contributed by atoms with Gasteiger partial charge in [0.1, 0.15) is 11.3 Å². The SMILES string of the molecule is Cc1c(C(C)(C)CN)oc2ccccc12. The first-order valence-electron chi connectivity index (χ1n) is 5.25. The number of para-hydroxylation sites is 1. The molecule has 2 aromatic rings. The molecule has 0 bridgehead atoms. The zero-order valence-electron chi connectivity index (χ0n) is 9.50. The first-order valence-corrected chi connectivity index (χ1v) is 5.25. The van der Waals surface area contributed by atoms with Crippen molar-refractivity contribution in [3.8, 4) is 0 Å². The largest absolute Gasteiger partial charge is 0.460 e. The van der Waals surface area contributed by atoms with Crippen LogP contribution >= 0.6 is 0 Å². The summed E-state index contributed by atoms with van der Waals surface area (Å²) in [4.78, 5) is 0. The Morgan fingerprint density at radius 3 is 2.53 bits per heavy atom. The lowest BCUT2D eigenvalue weighted by molar-refractivity contribution is 0.406. The lowest BCUT2D eigenvalue weighted by Gasteiger charge is -2.20. The molecule has 2 nitrogen and oxygen atoms in total. The predicted octanol–water partition coefficient (Wildman–Crippen LogP) is 2.98. The van der Waals surface area contributed by atoms with E-state index in [0.29, 0.717) is 6.54 Å². The van der Waals surface area contributed by atoms with Gasteiger partial charge in [0.05, 0.1) is 0 Å². The molecule has 0 aliphatic rings. The van der Waals surface area contributed by atoms with Gasteiger partial charge in [0.15, 0.2) is 0 Å². The second-order valence-corrected chi connectivity index (χ2v) is 4.64. The topological polar surface area (TPSA) is 39.2 Å². The molecule has 0 radical (unpaired) electrons. The van der Waals surface area contributed by atoms with E-state index in [4.69, 9.17) is 10.2 Å². The molecule has 1 aromatic heterocycles. The molecule has 0 fully saturated rings. The summed E-state index contributed by atoms with van der Waals surface area (Å²) < 4.78 is 5.87. The summed E-state index contributed by atoms with van der Waals surface area (Å²) in [5.41, 5.74) is 7.83. The van der Waals surface area contributed by atoms with E-state index in [2.05, 4.69) is 26.8 Å². The number of nitrogens with two attached hydrogens (primary N) is 1. The number of hydrogen-bond acceptors (Lipinski definition) is 2. The normalized spacial score (nSPS) is 12.3. The Morgan fingerprint density at radius 1 is 1.27 bits per heavy atom. The Balaban J connectivity index is 2.68. The quantitative estimate of drug-likeness (QED) is 0.815. The Morgan fingerprint density at radius 2 is 1.93 bits per heavy atom. The fraction of sp³-hybridized carbons (Fsp3) is 0.385. The maximum absolute atomic E-state index is 5.87. The van der Waals surface area contributed by atoms with Crippen LogP contribution in [0.4, 0.5) is 0 Å². The average molecular weight is 203 g/mol. The molecular weight excluding hydrogens is 186 g/mol. The van der Waals surface area contributed by atoms with Crippen LogP contribution in [0.3, 0.4) is 0 Å². The molecule has 0 spiro atoms. The highest BCUT2D eigenvalue weighted by atomic mass is 16.3. The minimum absolute atomic E-state index is 0.0941. The summed E-state index contributed by atoms with van der Waals surface area (Å²) in [5.74, 6) is 1.01. The van der Waals surface area contributed by atoms with E-state index in [-0.39, 0.29) is 5.41 Å². The van der Waals surface area contributed by atoms with Gasteiger partial charge in [-0.15, -0.1) is 0 Å². The van der Waals surface area contributed by atoms with E-state index in [1.165, 1.54) is 10.9 Å². The van der Waals surface area contributed by atoms with E-state index in [1.54, 1.807) is 0 Å². The van der Waals surface area contributed by atoms with E-state index in [0.717, 1.165) is 11.3 Å². The second-order valence-electron chi connectivity index (χ2n) is 4.64. The number of aryl methyl sites for hydroxylation is 1. The fourth-order valence-electron chi connectivity index (χ4n) is 1.91. The van der Waals surface area contributed by atoms with Gasteiger partial charge in [-0.25, -0.2) is 0 Å². The molecule has 0 amide bonds. The van der Waals surface area contributed by atoms with Gasteiger partial charge in [0.25, 0.3) is 0 Å². The van der Waals surface area contributed by atoms with Crippen molar-refractivity contribution in [1.82, 2.24) is 0 Å². The first kappa shape index (κ1) is 10.2. The zero-order valence-corrected chi connectivity index (χ0v) is 9.50. The molecule has 1 aromatic carbocycles. The molecule has 2 rings (SSSR count). The highest BCUT2D eigenvalue weighted by molar-refractivity contribution is 5.82. The molecule has 0 aliphatic heterocycles. The summed E-state index contributed by atoms with van der Waals surface area (Å²) >= 11 is 0. The van der Waals surface area contributed by atoms with Crippen LogP contribution in [0.25, 0.3) is 11.0 Å². The minimum atomic E-state index is -0.0941. The molecule has 0 saturated heterocycles. The Labute approximate surface area is 90.1 Å². The number of hydrogen-bond donors (Lipinski definition) is 1. The third-order valence-electron chi connectivity index (χ3n) is 2.97. The van der Waals surface area contributed by atoms with Crippen LogP contribution in [0.1, 0.15) is 25.2 Å². The molecule has 80 valence electrons. The van der Waals surface area contributed by atoms with Gasteiger partial charge in [-0.3, -0.25) is 0 Å². The summed E-state index contributed by atoms with van der Waals surface area (Å²) in [7, 11) is 0. The summed E-state index contributed by atoms with van der Waals surface area (Å²) in [6.07, 6.45) is 0.